The third-order valence-corrected chi connectivity index (χ3v) is 8.13. The predicted octanol–water partition coefficient (Wildman–Crippen LogP) is 6.13. The van der Waals surface area contributed by atoms with E-state index in [0.29, 0.717) is 50.4 Å². The Morgan fingerprint density at radius 2 is 1.63 bits per heavy atom. The summed E-state index contributed by atoms with van der Waals surface area (Å²) in [7, 11) is 1.54. The van der Waals surface area contributed by atoms with Crippen molar-refractivity contribution >= 4 is 40.9 Å². The summed E-state index contributed by atoms with van der Waals surface area (Å²) in [6.07, 6.45) is 1.69. The van der Waals surface area contributed by atoms with Crippen LogP contribution in [0.4, 0.5) is 11.4 Å². The number of methoxy groups -OCH3 is 1. The number of carbonyl (C=O) groups excluding carboxylic acids is 3. The van der Waals surface area contributed by atoms with Crippen LogP contribution >= 0.6 is 11.8 Å². The second-order valence-corrected chi connectivity index (χ2v) is 10.9. The summed E-state index contributed by atoms with van der Waals surface area (Å²) in [5.74, 6) is 0.561. The molecule has 4 aromatic rings. The zero-order valence-electron chi connectivity index (χ0n) is 23.4. The maximum absolute atomic E-state index is 13.6. The number of anilines is 2. The van der Waals surface area contributed by atoms with E-state index in [2.05, 4.69) is 16.0 Å². The molecule has 3 heterocycles. The van der Waals surface area contributed by atoms with Crippen molar-refractivity contribution in [1.82, 2.24) is 9.88 Å². The number of para-hydroxylation sites is 3. The number of rotatable bonds is 9. The molecule has 43 heavy (non-hydrogen) atoms. The second-order valence-electron chi connectivity index (χ2n) is 9.88. The summed E-state index contributed by atoms with van der Waals surface area (Å²) in [4.78, 5) is 40.0. The fraction of sp³-hybridized carbons (Fsp3) is 0.121. The summed E-state index contributed by atoms with van der Waals surface area (Å²) in [5.41, 5.74) is 3.31. The monoisotopic (exact) mass is 592 g/mol. The van der Waals surface area contributed by atoms with Gasteiger partial charge in [0.15, 0.2) is 0 Å². The van der Waals surface area contributed by atoms with Gasteiger partial charge in [0, 0.05) is 28.8 Å². The Morgan fingerprint density at radius 3 is 2.40 bits per heavy atom. The first-order valence-corrected chi connectivity index (χ1v) is 14.6. The Balaban J connectivity index is 1.17. The van der Waals surface area contributed by atoms with Crippen LogP contribution in [0.5, 0.6) is 17.2 Å². The highest BCUT2D eigenvalue weighted by Crippen LogP contribution is 2.46. The first kappa shape index (κ1) is 27.9. The molecule has 3 aromatic carbocycles. The third-order valence-electron chi connectivity index (χ3n) is 7.12. The lowest BCUT2D eigenvalue weighted by atomic mass is 9.86. The van der Waals surface area contributed by atoms with Gasteiger partial charge in [-0.05, 0) is 67.6 Å². The van der Waals surface area contributed by atoms with Crippen molar-refractivity contribution in [3.05, 3.63) is 125 Å². The van der Waals surface area contributed by atoms with Crippen molar-refractivity contribution in [2.75, 3.05) is 23.5 Å². The van der Waals surface area contributed by atoms with Crippen LogP contribution in [0.2, 0.25) is 0 Å². The van der Waals surface area contributed by atoms with E-state index in [1.165, 1.54) is 18.9 Å². The molecule has 9 nitrogen and oxygen atoms in total. The lowest BCUT2D eigenvalue weighted by Gasteiger charge is -2.27. The maximum Gasteiger partial charge on any atom is 0.261 e. The molecular formula is C33H28N4O5S. The molecule has 0 saturated heterocycles. The van der Waals surface area contributed by atoms with Gasteiger partial charge in [-0.2, -0.15) is 0 Å². The highest BCUT2D eigenvalue weighted by atomic mass is 32.2. The first-order valence-electron chi connectivity index (χ1n) is 13.6. The predicted molar refractivity (Wildman–Crippen MR) is 166 cm³/mol. The molecule has 0 spiro atoms. The van der Waals surface area contributed by atoms with Crippen LogP contribution < -0.4 is 25.4 Å². The third kappa shape index (κ3) is 5.64. The molecule has 0 fully saturated rings. The molecule has 3 N–H and O–H groups in total. The zero-order chi connectivity index (χ0) is 29.9. The van der Waals surface area contributed by atoms with Gasteiger partial charge in [-0.3, -0.25) is 19.0 Å². The van der Waals surface area contributed by atoms with Gasteiger partial charge in [0.1, 0.15) is 17.2 Å². The van der Waals surface area contributed by atoms with Crippen molar-refractivity contribution in [3.8, 4) is 17.2 Å². The van der Waals surface area contributed by atoms with Crippen LogP contribution in [0.3, 0.4) is 0 Å². The van der Waals surface area contributed by atoms with Crippen LogP contribution in [-0.2, 0) is 9.59 Å². The minimum atomic E-state index is -0.582. The van der Waals surface area contributed by atoms with E-state index in [1.807, 2.05) is 42.5 Å². The number of carbonyl (C=O) groups is 3. The van der Waals surface area contributed by atoms with E-state index in [0.717, 1.165) is 5.75 Å². The van der Waals surface area contributed by atoms with Crippen LogP contribution in [0.1, 0.15) is 23.3 Å². The van der Waals surface area contributed by atoms with Gasteiger partial charge in [-0.25, -0.2) is 0 Å². The Morgan fingerprint density at radius 1 is 0.907 bits per heavy atom. The van der Waals surface area contributed by atoms with E-state index in [-0.39, 0.29) is 23.5 Å². The number of fused-ring (bicyclic) bond motifs is 3. The summed E-state index contributed by atoms with van der Waals surface area (Å²) in [6.45, 7) is 1.80. The molecule has 216 valence electrons. The van der Waals surface area contributed by atoms with E-state index in [1.54, 1.807) is 66.2 Å². The van der Waals surface area contributed by atoms with E-state index >= 15 is 0 Å². The largest absolute Gasteiger partial charge is 0.495 e. The highest BCUT2D eigenvalue weighted by molar-refractivity contribution is 8.03. The smallest absolute Gasteiger partial charge is 0.261 e. The highest BCUT2D eigenvalue weighted by Gasteiger charge is 2.44. The Labute approximate surface area is 252 Å². The SMILES string of the molecule is COc1ccccc1NC(=O)C1=C(C)NC(SCC(=O)Nc2ccc(Oc3ccccc3)cc2)=C2C(=O)n3cccc3C12. The standard InChI is InChI=1S/C33H28N4O5S/c1-20-28(31(39)36-24-11-6-7-13-26(24)41-2)29-25-12-8-18-37(25)33(40)30(29)32(34-20)43-19-27(38)35-21-14-16-23(17-15-21)42-22-9-4-3-5-10-22/h3-18,29,34H,19H2,1-2H3,(H,35,38)(H,36,39). The fourth-order valence-corrected chi connectivity index (χ4v) is 6.11. The summed E-state index contributed by atoms with van der Waals surface area (Å²) in [5, 5.41) is 9.61. The summed E-state index contributed by atoms with van der Waals surface area (Å²) >= 11 is 1.22. The molecule has 1 aromatic heterocycles. The lowest BCUT2D eigenvalue weighted by Crippen LogP contribution is -2.31. The molecule has 0 aliphatic carbocycles. The zero-order valence-corrected chi connectivity index (χ0v) is 24.2. The number of dihydropyridines is 1. The number of ether oxygens (including phenoxy) is 2. The van der Waals surface area contributed by atoms with Gasteiger partial charge in [-0.15, -0.1) is 0 Å². The van der Waals surface area contributed by atoms with Gasteiger partial charge >= 0.3 is 0 Å². The lowest BCUT2D eigenvalue weighted by molar-refractivity contribution is -0.114. The average molecular weight is 593 g/mol. The second kappa shape index (κ2) is 11.9. The Bertz CT molecular complexity index is 1780. The molecule has 2 aliphatic rings. The molecule has 0 radical (unpaired) electrons. The van der Waals surface area contributed by atoms with Crippen molar-refractivity contribution in [3.63, 3.8) is 0 Å². The Hall–Kier alpha value is -5.22. The van der Waals surface area contributed by atoms with Gasteiger partial charge in [0.05, 0.1) is 35.1 Å². The van der Waals surface area contributed by atoms with Crippen molar-refractivity contribution in [2.45, 2.75) is 12.8 Å². The number of nitrogens with zero attached hydrogens (tertiary/aromatic N) is 1. The van der Waals surface area contributed by atoms with E-state index in [4.69, 9.17) is 9.47 Å². The molecule has 2 aliphatic heterocycles. The van der Waals surface area contributed by atoms with Gasteiger partial charge in [0.25, 0.3) is 11.8 Å². The number of hydrogen-bond donors (Lipinski definition) is 3. The van der Waals surface area contributed by atoms with E-state index < -0.39 is 5.92 Å². The van der Waals surface area contributed by atoms with Crippen molar-refractivity contribution in [2.24, 2.45) is 0 Å². The minimum Gasteiger partial charge on any atom is -0.495 e. The van der Waals surface area contributed by atoms with Gasteiger partial charge in [0.2, 0.25) is 5.91 Å². The number of benzene rings is 3. The Kier molecular flexibility index (Phi) is 7.76. The quantitative estimate of drug-likeness (QED) is 0.215. The fourth-order valence-electron chi connectivity index (χ4n) is 5.18. The van der Waals surface area contributed by atoms with Crippen molar-refractivity contribution < 1.29 is 23.9 Å². The van der Waals surface area contributed by atoms with Gasteiger partial charge < -0.3 is 25.4 Å². The number of amides is 2. The molecular weight excluding hydrogens is 564 g/mol. The normalized spacial score (nSPS) is 15.4. The summed E-state index contributed by atoms with van der Waals surface area (Å²) in [6, 6.07) is 27.3. The number of aromatic nitrogens is 1. The molecule has 2 amide bonds. The van der Waals surface area contributed by atoms with Crippen LogP contribution in [0.15, 0.2) is 119 Å². The maximum atomic E-state index is 13.6. The van der Waals surface area contributed by atoms with E-state index in [9.17, 15) is 14.4 Å². The molecule has 6 rings (SSSR count). The first-order chi connectivity index (χ1) is 20.9. The number of hydrogen-bond acceptors (Lipinski definition) is 7. The molecule has 1 unspecified atom stereocenters. The topological polar surface area (TPSA) is 111 Å². The van der Waals surface area contributed by atoms with Crippen LogP contribution in [0, 0.1) is 0 Å². The van der Waals surface area contributed by atoms with Gasteiger partial charge in [-0.1, -0.05) is 42.1 Å². The molecule has 0 saturated carbocycles. The van der Waals surface area contributed by atoms with Crippen molar-refractivity contribution in [1.29, 1.82) is 0 Å². The molecule has 1 atom stereocenters. The van der Waals surface area contributed by atoms with Crippen LogP contribution in [-0.4, -0.2) is 35.2 Å². The molecule has 10 heteroatoms. The van der Waals surface area contributed by atoms with Crippen LogP contribution in [0.25, 0.3) is 0 Å². The average Bonchev–Trinajstić information content (AvgIpc) is 3.60. The number of nitrogens with one attached hydrogen (secondary N) is 3. The number of allylic oxidation sites excluding steroid dienone is 2. The minimum absolute atomic E-state index is 0.0546. The number of thioether (sulfide) groups is 1. The summed E-state index contributed by atoms with van der Waals surface area (Å²) < 4.78 is 12.8. The molecule has 0 bridgehead atoms.